The minimum absolute atomic E-state index is 0.372. The quantitative estimate of drug-likeness (QED) is 0.860. The smallest absolute Gasteiger partial charge is 0.314 e. The van der Waals surface area contributed by atoms with Crippen LogP contribution >= 0.6 is 0 Å². The molecule has 0 spiro atoms. The van der Waals surface area contributed by atoms with Crippen molar-refractivity contribution < 1.29 is 19.7 Å². The second-order valence-electron chi connectivity index (χ2n) is 4.85. The Morgan fingerprint density at radius 1 is 1.39 bits per heavy atom. The van der Waals surface area contributed by atoms with E-state index in [1.807, 2.05) is 12.1 Å². The van der Waals surface area contributed by atoms with E-state index in [9.17, 15) is 15.0 Å². The minimum atomic E-state index is -0.881. The Morgan fingerprint density at radius 3 is 2.61 bits per heavy atom. The van der Waals surface area contributed by atoms with E-state index >= 15 is 0 Å². The maximum absolute atomic E-state index is 11.7. The highest BCUT2D eigenvalue weighted by Gasteiger charge is 2.43. The van der Waals surface area contributed by atoms with Gasteiger partial charge in [0.25, 0.3) is 0 Å². The highest BCUT2D eigenvalue weighted by Crippen LogP contribution is 2.40. The van der Waals surface area contributed by atoms with Gasteiger partial charge in [0.05, 0.1) is 18.6 Å². The van der Waals surface area contributed by atoms with E-state index in [-0.39, 0.29) is 6.10 Å². The van der Waals surface area contributed by atoms with Crippen molar-refractivity contribution in [1.82, 2.24) is 0 Å². The summed E-state index contributed by atoms with van der Waals surface area (Å²) in [5, 5.41) is 19.1. The van der Waals surface area contributed by atoms with Crippen LogP contribution in [0.1, 0.15) is 31.2 Å². The predicted octanol–water partition coefficient (Wildman–Crippen LogP) is 1.95. The van der Waals surface area contributed by atoms with Crippen molar-refractivity contribution in [2.24, 2.45) is 0 Å². The van der Waals surface area contributed by atoms with Crippen LogP contribution in [0.15, 0.2) is 24.3 Å². The van der Waals surface area contributed by atoms with Crippen LogP contribution in [0.5, 0.6) is 5.75 Å². The Hall–Kier alpha value is -1.55. The number of rotatable bonds is 3. The summed E-state index contributed by atoms with van der Waals surface area (Å²) in [7, 11) is 1.57. The van der Waals surface area contributed by atoms with Gasteiger partial charge in [-0.3, -0.25) is 4.79 Å². The molecule has 1 fully saturated rings. The molecule has 1 saturated carbocycles. The molecule has 0 radical (unpaired) electrons. The molecular formula is C14H18O4. The number of aliphatic carboxylic acids is 1. The zero-order chi connectivity index (χ0) is 13.2. The molecule has 0 aromatic heterocycles. The molecule has 4 nitrogen and oxygen atoms in total. The maximum Gasteiger partial charge on any atom is 0.314 e. The van der Waals surface area contributed by atoms with Crippen LogP contribution in [0.3, 0.4) is 0 Å². The fraction of sp³-hybridized carbons (Fsp3) is 0.500. The highest BCUT2D eigenvalue weighted by atomic mass is 16.5. The van der Waals surface area contributed by atoms with Crippen molar-refractivity contribution in [2.45, 2.75) is 37.2 Å². The normalized spacial score (nSPS) is 27.8. The van der Waals surface area contributed by atoms with Gasteiger partial charge in [-0.25, -0.2) is 0 Å². The van der Waals surface area contributed by atoms with Crippen molar-refractivity contribution >= 4 is 5.97 Å². The molecule has 0 saturated heterocycles. The van der Waals surface area contributed by atoms with Gasteiger partial charge in [0.2, 0.25) is 0 Å². The first-order valence-electron chi connectivity index (χ1n) is 6.14. The van der Waals surface area contributed by atoms with Crippen LogP contribution in [0, 0.1) is 0 Å². The molecular weight excluding hydrogens is 232 g/mol. The molecule has 1 aliphatic rings. The molecule has 18 heavy (non-hydrogen) atoms. The van der Waals surface area contributed by atoms with Crippen LogP contribution < -0.4 is 4.74 Å². The number of hydrogen-bond acceptors (Lipinski definition) is 3. The van der Waals surface area contributed by atoms with E-state index in [1.54, 1.807) is 19.2 Å². The van der Waals surface area contributed by atoms with Gasteiger partial charge < -0.3 is 14.9 Å². The molecule has 0 bridgehead atoms. The Balaban J connectivity index is 2.38. The minimum Gasteiger partial charge on any atom is -0.497 e. The van der Waals surface area contributed by atoms with Gasteiger partial charge >= 0.3 is 5.97 Å². The Kier molecular flexibility index (Phi) is 3.57. The number of carboxylic acids is 1. The summed E-state index contributed by atoms with van der Waals surface area (Å²) in [6, 6.07) is 7.22. The molecule has 0 aliphatic heterocycles. The van der Waals surface area contributed by atoms with Gasteiger partial charge in [-0.2, -0.15) is 0 Å². The van der Waals surface area contributed by atoms with Gasteiger partial charge in [-0.15, -0.1) is 0 Å². The fourth-order valence-corrected chi connectivity index (χ4v) is 2.64. The van der Waals surface area contributed by atoms with E-state index in [0.29, 0.717) is 31.4 Å². The highest BCUT2D eigenvalue weighted by molar-refractivity contribution is 5.81. The number of carboxylic acid groups (broad SMARTS) is 1. The predicted molar refractivity (Wildman–Crippen MR) is 66.8 cm³/mol. The molecule has 0 unspecified atom stereocenters. The Bertz CT molecular complexity index is 433. The number of hydrogen-bond donors (Lipinski definition) is 2. The summed E-state index contributed by atoms with van der Waals surface area (Å²) in [4.78, 5) is 11.7. The number of ether oxygens (including phenoxy) is 1. The summed E-state index contributed by atoms with van der Waals surface area (Å²) >= 11 is 0. The zero-order valence-electron chi connectivity index (χ0n) is 10.4. The van der Waals surface area contributed by atoms with Crippen LogP contribution in [0.2, 0.25) is 0 Å². The molecule has 98 valence electrons. The van der Waals surface area contributed by atoms with Crippen LogP contribution in [-0.4, -0.2) is 29.4 Å². The van der Waals surface area contributed by atoms with Crippen LogP contribution in [0.25, 0.3) is 0 Å². The van der Waals surface area contributed by atoms with Crippen molar-refractivity contribution in [2.75, 3.05) is 7.11 Å². The van der Waals surface area contributed by atoms with Gasteiger partial charge in [0.1, 0.15) is 5.75 Å². The van der Waals surface area contributed by atoms with E-state index in [4.69, 9.17) is 4.74 Å². The summed E-state index contributed by atoms with van der Waals surface area (Å²) in [6.07, 6.45) is 1.63. The first-order chi connectivity index (χ1) is 8.58. The van der Waals surface area contributed by atoms with E-state index in [2.05, 4.69) is 0 Å². The molecule has 1 aromatic carbocycles. The molecule has 1 aromatic rings. The average Bonchev–Trinajstić information content (AvgIpc) is 2.39. The first-order valence-corrected chi connectivity index (χ1v) is 6.14. The standard InChI is InChI=1S/C14H18O4/c1-18-12-4-2-3-10(9-12)14(13(16)17)7-5-11(15)6-8-14/h2-4,9,11,15H,5-8H2,1H3,(H,16,17). The third-order valence-corrected chi connectivity index (χ3v) is 3.84. The lowest BCUT2D eigenvalue weighted by molar-refractivity contribution is -0.146. The lowest BCUT2D eigenvalue weighted by atomic mass is 9.68. The summed E-state index contributed by atoms with van der Waals surface area (Å²) in [5.74, 6) is -0.151. The molecule has 0 atom stereocenters. The lowest BCUT2D eigenvalue weighted by Gasteiger charge is -2.35. The third-order valence-electron chi connectivity index (χ3n) is 3.84. The van der Waals surface area contributed by atoms with Gasteiger partial charge in [0.15, 0.2) is 0 Å². The molecule has 4 heteroatoms. The monoisotopic (exact) mass is 250 g/mol. The molecule has 1 aliphatic carbocycles. The molecule has 0 amide bonds. The van der Waals surface area contributed by atoms with E-state index in [0.717, 1.165) is 5.56 Å². The van der Waals surface area contributed by atoms with E-state index < -0.39 is 11.4 Å². The second kappa shape index (κ2) is 4.98. The van der Waals surface area contributed by atoms with E-state index in [1.165, 1.54) is 0 Å². The number of aliphatic hydroxyl groups is 1. The average molecular weight is 250 g/mol. The zero-order valence-corrected chi connectivity index (χ0v) is 10.4. The van der Waals surface area contributed by atoms with Crippen molar-refractivity contribution in [1.29, 1.82) is 0 Å². The van der Waals surface area contributed by atoms with Gasteiger partial charge in [0, 0.05) is 0 Å². The maximum atomic E-state index is 11.7. The first kappa shape index (κ1) is 12.9. The third kappa shape index (κ3) is 2.20. The number of methoxy groups -OCH3 is 1. The van der Waals surface area contributed by atoms with Crippen molar-refractivity contribution in [3.8, 4) is 5.75 Å². The largest absolute Gasteiger partial charge is 0.497 e. The molecule has 0 heterocycles. The number of carbonyl (C=O) groups is 1. The lowest BCUT2D eigenvalue weighted by Crippen LogP contribution is -2.40. The van der Waals surface area contributed by atoms with Gasteiger partial charge in [-0.05, 0) is 43.4 Å². The Labute approximate surface area is 106 Å². The second-order valence-corrected chi connectivity index (χ2v) is 4.85. The molecule has 2 rings (SSSR count). The topological polar surface area (TPSA) is 66.8 Å². The molecule has 2 N–H and O–H groups in total. The Morgan fingerprint density at radius 2 is 2.06 bits per heavy atom. The summed E-state index contributed by atoms with van der Waals surface area (Å²) in [5.41, 5.74) is -0.116. The van der Waals surface area contributed by atoms with Crippen LogP contribution in [0.4, 0.5) is 0 Å². The number of benzene rings is 1. The van der Waals surface area contributed by atoms with Crippen molar-refractivity contribution in [3.05, 3.63) is 29.8 Å². The van der Waals surface area contributed by atoms with Crippen LogP contribution in [-0.2, 0) is 10.2 Å². The summed E-state index contributed by atoms with van der Waals surface area (Å²) in [6.45, 7) is 0. The SMILES string of the molecule is COc1cccc(C2(C(=O)O)CCC(O)CC2)c1. The number of aliphatic hydroxyl groups excluding tert-OH is 1. The van der Waals surface area contributed by atoms with Crippen molar-refractivity contribution in [3.63, 3.8) is 0 Å². The summed E-state index contributed by atoms with van der Waals surface area (Å²) < 4.78 is 5.15. The van der Waals surface area contributed by atoms with Gasteiger partial charge in [-0.1, -0.05) is 12.1 Å². The fourth-order valence-electron chi connectivity index (χ4n) is 2.64.